The summed E-state index contributed by atoms with van der Waals surface area (Å²) in [6, 6.07) is -2.04. The molecule has 0 aromatic heterocycles. The Bertz CT molecular complexity index is 1950. The molecule has 4 rings (SSSR count). The van der Waals surface area contributed by atoms with E-state index in [4.69, 9.17) is 18.9 Å². The number of amides is 6. The smallest absolute Gasteiger partial charge is 0.416 e. The van der Waals surface area contributed by atoms with Gasteiger partial charge < -0.3 is 71.3 Å². The van der Waals surface area contributed by atoms with Crippen molar-refractivity contribution in [3.63, 3.8) is 0 Å². The van der Waals surface area contributed by atoms with Gasteiger partial charge in [-0.25, -0.2) is 9.59 Å². The van der Waals surface area contributed by atoms with E-state index < -0.39 is 141 Å². The van der Waals surface area contributed by atoms with Crippen LogP contribution < -0.4 is 31.9 Å². The third-order valence-electron chi connectivity index (χ3n) is 10.6. The van der Waals surface area contributed by atoms with Crippen molar-refractivity contribution < 1.29 is 89.7 Å². The molecule has 2 aliphatic heterocycles. The monoisotopic (exact) mass is 952 g/mol. The number of methoxy groups -OCH3 is 1. The topological polar surface area (TPSA) is 275 Å². The second-order valence-corrected chi connectivity index (χ2v) is 15.4. The van der Waals surface area contributed by atoms with E-state index in [2.05, 4.69) is 31.9 Å². The van der Waals surface area contributed by atoms with E-state index in [1.807, 2.05) is 6.92 Å². The van der Waals surface area contributed by atoms with Gasteiger partial charge in [0.2, 0.25) is 11.8 Å². The lowest BCUT2D eigenvalue weighted by Crippen LogP contribution is -2.71. The highest BCUT2D eigenvalue weighted by Crippen LogP contribution is 2.33. The molecule has 0 bridgehead atoms. The SMILES string of the molecule is CCCCCCCC(=O)N[C@@H](CC(=O)OC)C(=O)N[C@H]1C(CO)OCC(NC(=O)Nc2cccc(C(F)(F)F)c2)C1O[C@@H]1OC(CO)[C@@H](O)C(O)C1NC(=O)Nc1cccc(C(F)(F)F)c1. The van der Waals surface area contributed by atoms with Crippen LogP contribution in [-0.2, 0) is 45.7 Å². The minimum absolute atomic E-state index is 0.0197. The van der Waals surface area contributed by atoms with Crippen molar-refractivity contribution in [3.8, 4) is 0 Å². The molecule has 6 unspecified atom stereocenters. The van der Waals surface area contributed by atoms with E-state index in [0.29, 0.717) is 25.0 Å². The maximum Gasteiger partial charge on any atom is 0.416 e. The molecule has 0 aliphatic carbocycles. The summed E-state index contributed by atoms with van der Waals surface area (Å²) in [6.45, 7) is -0.418. The van der Waals surface area contributed by atoms with Gasteiger partial charge in [0.1, 0.15) is 42.6 Å². The van der Waals surface area contributed by atoms with Crippen LogP contribution in [0, 0.1) is 0 Å². The Kier molecular flexibility index (Phi) is 19.8. The molecule has 6 amide bonds. The third-order valence-corrected chi connectivity index (χ3v) is 10.6. The molecule has 0 radical (unpaired) electrons. The Morgan fingerprint density at radius 1 is 0.773 bits per heavy atom. The Labute approximate surface area is 374 Å². The fourth-order valence-corrected chi connectivity index (χ4v) is 7.12. The third kappa shape index (κ3) is 15.4. The summed E-state index contributed by atoms with van der Waals surface area (Å²) in [7, 11) is 1.04. The van der Waals surface area contributed by atoms with Gasteiger partial charge in [-0.1, -0.05) is 44.7 Å². The molecule has 0 spiro atoms. The number of esters is 1. The number of hydrogen-bond acceptors (Lipinski definition) is 13. The maximum absolute atomic E-state index is 14.1. The second-order valence-electron chi connectivity index (χ2n) is 15.4. The first-order valence-electron chi connectivity index (χ1n) is 20.8. The number of anilines is 2. The number of carbonyl (C=O) groups is 5. The van der Waals surface area contributed by atoms with Gasteiger partial charge >= 0.3 is 30.4 Å². The molecule has 10 atom stereocenters. The minimum atomic E-state index is -4.79. The van der Waals surface area contributed by atoms with E-state index in [9.17, 15) is 70.7 Å². The quantitative estimate of drug-likeness (QED) is 0.0552. The molecule has 2 fully saturated rings. The number of ether oxygens (including phenoxy) is 4. The molecule has 2 aliphatic rings. The molecular formula is C41H54F6N6O13. The maximum atomic E-state index is 14.1. The number of hydrogen-bond donors (Lipinski definition) is 10. The van der Waals surface area contributed by atoms with Crippen molar-refractivity contribution in [3.05, 3.63) is 59.7 Å². The number of nitrogens with one attached hydrogen (secondary N) is 6. The summed E-state index contributed by atoms with van der Waals surface area (Å²) in [5, 5.41) is 56.6. The molecule has 0 saturated carbocycles. The van der Waals surface area contributed by atoms with Crippen LogP contribution in [0.4, 0.5) is 47.3 Å². The molecule has 368 valence electrons. The van der Waals surface area contributed by atoms with Crippen LogP contribution in [0.25, 0.3) is 0 Å². The Morgan fingerprint density at radius 3 is 1.89 bits per heavy atom. The zero-order valence-corrected chi connectivity index (χ0v) is 35.7. The molecular weight excluding hydrogens is 898 g/mol. The van der Waals surface area contributed by atoms with Gasteiger partial charge in [0.15, 0.2) is 6.29 Å². The van der Waals surface area contributed by atoms with Gasteiger partial charge in [0, 0.05) is 17.8 Å². The summed E-state index contributed by atoms with van der Waals surface area (Å²) >= 11 is 0. The molecule has 2 saturated heterocycles. The first-order chi connectivity index (χ1) is 31.2. The van der Waals surface area contributed by atoms with Gasteiger partial charge in [-0.15, -0.1) is 0 Å². The predicted octanol–water partition coefficient (Wildman–Crippen LogP) is 2.51. The number of rotatable bonds is 19. The lowest BCUT2D eigenvalue weighted by molar-refractivity contribution is -0.293. The molecule has 25 heteroatoms. The molecule has 2 aromatic rings. The highest BCUT2D eigenvalue weighted by molar-refractivity contribution is 5.92. The molecule has 66 heavy (non-hydrogen) atoms. The zero-order chi connectivity index (χ0) is 48.8. The van der Waals surface area contributed by atoms with E-state index in [1.54, 1.807) is 0 Å². The second kappa shape index (κ2) is 24.5. The van der Waals surface area contributed by atoms with E-state index in [-0.39, 0.29) is 17.8 Å². The van der Waals surface area contributed by atoms with Gasteiger partial charge in [0.25, 0.3) is 0 Å². The van der Waals surface area contributed by atoms with Gasteiger partial charge in [-0.3, -0.25) is 14.4 Å². The van der Waals surface area contributed by atoms with Gasteiger partial charge in [-0.2, -0.15) is 26.3 Å². The summed E-state index contributed by atoms with van der Waals surface area (Å²) in [5.41, 5.74) is -2.92. The summed E-state index contributed by atoms with van der Waals surface area (Å²) in [5.74, 6) is -2.60. The normalized spacial score (nSPS) is 24.9. The number of aliphatic hydroxyl groups is 4. The molecule has 19 nitrogen and oxygen atoms in total. The van der Waals surface area contributed by atoms with Crippen molar-refractivity contribution in [2.45, 2.75) is 125 Å². The highest BCUT2D eigenvalue weighted by Gasteiger charge is 2.51. The van der Waals surface area contributed by atoms with Crippen LogP contribution in [0.15, 0.2) is 48.5 Å². The lowest BCUT2D eigenvalue weighted by Gasteiger charge is -2.47. The highest BCUT2D eigenvalue weighted by atomic mass is 19.4. The van der Waals surface area contributed by atoms with Crippen molar-refractivity contribution >= 4 is 41.2 Å². The van der Waals surface area contributed by atoms with Crippen LogP contribution in [0.5, 0.6) is 0 Å². The average Bonchev–Trinajstić information content (AvgIpc) is 3.26. The van der Waals surface area contributed by atoms with E-state index >= 15 is 0 Å². The number of benzene rings is 2. The van der Waals surface area contributed by atoms with Crippen molar-refractivity contribution in [1.82, 2.24) is 21.3 Å². The Hall–Kier alpha value is -5.31. The average molecular weight is 953 g/mol. The molecule has 2 aromatic carbocycles. The predicted molar refractivity (Wildman–Crippen MR) is 218 cm³/mol. The van der Waals surface area contributed by atoms with Crippen molar-refractivity contribution in [2.75, 3.05) is 37.6 Å². The lowest BCUT2D eigenvalue weighted by atomic mass is 9.93. The first-order valence-corrected chi connectivity index (χ1v) is 20.8. The van der Waals surface area contributed by atoms with Gasteiger partial charge in [0.05, 0.1) is 56.6 Å². The van der Waals surface area contributed by atoms with Crippen LogP contribution in [0.2, 0.25) is 0 Å². The van der Waals surface area contributed by atoms with Crippen LogP contribution in [-0.4, -0.2) is 138 Å². The zero-order valence-electron chi connectivity index (χ0n) is 35.7. The number of carbonyl (C=O) groups excluding carboxylic acids is 5. The number of urea groups is 2. The minimum Gasteiger partial charge on any atom is -0.469 e. The largest absolute Gasteiger partial charge is 0.469 e. The number of aliphatic hydroxyl groups excluding tert-OH is 4. The van der Waals surface area contributed by atoms with E-state index in [0.717, 1.165) is 62.8 Å². The van der Waals surface area contributed by atoms with Crippen LogP contribution in [0.1, 0.15) is 63.0 Å². The first kappa shape index (κ1) is 53.3. The Morgan fingerprint density at radius 2 is 1.35 bits per heavy atom. The summed E-state index contributed by atoms with van der Waals surface area (Å²) in [4.78, 5) is 66.2. The number of alkyl halides is 6. The van der Waals surface area contributed by atoms with Crippen LogP contribution in [0.3, 0.4) is 0 Å². The number of halogens is 6. The molecule has 2 heterocycles. The van der Waals surface area contributed by atoms with Crippen LogP contribution >= 0.6 is 0 Å². The molecule has 10 N–H and O–H groups in total. The fraction of sp³-hybridized carbons (Fsp3) is 0.585. The standard InChI is InChI=1S/C41H54F6N6O13/c1-3-4-5-6-7-14-29(56)50-25(17-30(57)63-2)36(60)52-31-27(18-54)64-20-26(51-38(61)48-23-12-8-10-21(15-23)40(42,43)44)35(31)66-37-32(34(59)33(58)28(19-55)65-37)53-39(62)49-24-13-9-11-22(16-24)41(45,46)47/h8-13,15-16,25-28,31-35,37,54-55,58-59H,3-7,14,17-20H2,1-2H3,(H,50,56)(H,52,60)(H2,48,51,61)(H2,49,53,62)/t25-,26?,27?,28?,31-,32?,33+,34?,35?,37-/m0/s1. The summed E-state index contributed by atoms with van der Waals surface area (Å²) < 4.78 is 103. The van der Waals surface area contributed by atoms with E-state index in [1.165, 1.54) is 0 Å². The Balaban J connectivity index is 1.70. The van der Waals surface area contributed by atoms with Gasteiger partial charge in [-0.05, 0) is 42.8 Å². The van der Waals surface area contributed by atoms with Crippen molar-refractivity contribution in [2.24, 2.45) is 0 Å². The fourth-order valence-electron chi connectivity index (χ4n) is 7.12. The summed E-state index contributed by atoms with van der Waals surface area (Å²) in [6.07, 6.45) is -17.2. The number of unbranched alkanes of at least 4 members (excludes halogenated alkanes) is 4. The van der Waals surface area contributed by atoms with Crippen molar-refractivity contribution in [1.29, 1.82) is 0 Å².